The Balaban J connectivity index is 1.64. The fourth-order valence-corrected chi connectivity index (χ4v) is 4.05. The minimum absolute atomic E-state index is 0.775. The molecule has 2 nitrogen and oxygen atoms in total. The fraction of sp³-hybridized carbons (Fsp3) is 1.00. The van der Waals surface area contributed by atoms with Crippen LogP contribution >= 0.6 is 0 Å². The van der Waals surface area contributed by atoms with Crippen LogP contribution in [0.5, 0.6) is 0 Å². The Morgan fingerprint density at radius 1 is 1.05 bits per heavy atom. The summed E-state index contributed by atoms with van der Waals surface area (Å²) in [6.07, 6.45) is 11.3. The van der Waals surface area contributed by atoms with Crippen molar-refractivity contribution in [2.45, 2.75) is 84.2 Å². The molecule has 20 heavy (non-hydrogen) atoms. The zero-order valence-electron chi connectivity index (χ0n) is 14.0. The topological polar surface area (TPSA) is 15.3 Å². The standard InChI is InChI=1S/C18H36N2/c1-4-11-19-18-10-13-20(16(3)14-18)12-9-17-7-5-15(2)6-8-17/h15-19H,4-14H2,1-3H3. The van der Waals surface area contributed by atoms with E-state index in [0.717, 1.165) is 23.9 Å². The van der Waals surface area contributed by atoms with Crippen molar-refractivity contribution in [2.75, 3.05) is 19.6 Å². The predicted octanol–water partition coefficient (Wildman–Crippen LogP) is 4.06. The molecule has 2 fully saturated rings. The van der Waals surface area contributed by atoms with Gasteiger partial charge in [-0.3, -0.25) is 0 Å². The van der Waals surface area contributed by atoms with Crippen LogP contribution in [-0.2, 0) is 0 Å². The van der Waals surface area contributed by atoms with E-state index in [-0.39, 0.29) is 0 Å². The molecule has 0 bridgehead atoms. The Kier molecular flexibility index (Phi) is 6.83. The molecular formula is C18H36N2. The Bertz CT molecular complexity index is 258. The third-order valence-electron chi connectivity index (χ3n) is 5.66. The Morgan fingerprint density at radius 2 is 1.80 bits per heavy atom. The molecular weight excluding hydrogens is 244 g/mol. The molecule has 2 unspecified atom stereocenters. The maximum atomic E-state index is 3.71. The van der Waals surface area contributed by atoms with Crippen molar-refractivity contribution in [3.8, 4) is 0 Å². The van der Waals surface area contributed by atoms with E-state index >= 15 is 0 Å². The van der Waals surface area contributed by atoms with Crippen LogP contribution in [0.3, 0.4) is 0 Å². The summed E-state index contributed by atoms with van der Waals surface area (Å²) < 4.78 is 0. The van der Waals surface area contributed by atoms with E-state index in [1.165, 1.54) is 71.0 Å². The number of nitrogens with one attached hydrogen (secondary N) is 1. The third-order valence-corrected chi connectivity index (χ3v) is 5.66. The molecule has 2 rings (SSSR count). The highest BCUT2D eigenvalue weighted by atomic mass is 15.2. The quantitative estimate of drug-likeness (QED) is 0.789. The monoisotopic (exact) mass is 280 g/mol. The lowest BCUT2D eigenvalue weighted by atomic mass is 9.81. The van der Waals surface area contributed by atoms with Crippen LogP contribution in [0.4, 0.5) is 0 Å². The molecule has 2 atom stereocenters. The lowest BCUT2D eigenvalue weighted by Gasteiger charge is -2.39. The van der Waals surface area contributed by atoms with Crippen molar-refractivity contribution >= 4 is 0 Å². The average Bonchev–Trinajstić information content (AvgIpc) is 2.46. The summed E-state index contributed by atoms with van der Waals surface area (Å²) in [5.41, 5.74) is 0. The molecule has 0 aromatic heterocycles. The van der Waals surface area contributed by atoms with Gasteiger partial charge in [-0.05, 0) is 64.1 Å². The molecule has 1 saturated carbocycles. The number of rotatable bonds is 6. The van der Waals surface area contributed by atoms with Crippen LogP contribution in [-0.4, -0.2) is 36.6 Å². The molecule has 0 aromatic carbocycles. The molecule has 1 saturated heterocycles. The van der Waals surface area contributed by atoms with Crippen LogP contribution in [0, 0.1) is 11.8 Å². The number of hydrogen-bond acceptors (Lipinski definition) is 2. The minimum Gasteiger partial charge on any atom is -0.314 e. The maximum absolute atomic E-state index is 3.71. The van der Waals surface area contributed by atoms with E-state index in [1.54, 1.807) is 0 Å². The SMILES string of the molecule is CCCNC1CCN(CCC2CCC(C)CC2)C(C)C1. The van der Waals surface area contributed by atoms with E-state index in [9.17, 15) is 0 Å². The van der Waals surface area contributed by atoms with Gasteiger partial charge in [0.1, 0.15) is 0 Å². The summed E-state index contributed by atoms with van der Waals surface area (Å²) in [6, 6.07) is 1.55. The zero-order chi connectivity index (χ0) is 14.4. The van der Waals surface area contributed by atoms with Crippen LogP contribution in [0.2, 0.25) is 0 Å². The fourth-order valence-electron chi connectivity index (χ4n) is 4.05. The molecule has 118 valence electrons. The number of piperidine rings is 1. The van der Waals surface area contributed by atoms with Gasteiger partial charge in [-0.15, -0.1) is 0 Å². The first-order chi connectivity index (χ1) is 9.69. The van der Waals surface area contributed by atoms with Gasteiger partial charge in [-0.25, -0.2) is 0 Å². The summed E-state index contributed by atoms with van der Waals surface area (Å²) in [6.45, 7) is 11.0. The number of hydrogen-bond donors (Lipinski definition) is 1. The average molecular weight is 280 g/mol. The van der Waals surface area contributed by atoms with E-state index in [0.29, 0.717) is 0 Å². The summed E-state index contributed by atoms with van der Waals surface area (Å²) in [7, 11) is 0. The zero-order valence-corrected chi connectivity index (χ0v) is 14.0. The van der Waals surface area contributed by atoms with Crippen molar-refractivity contribution in [1.82, 2.24) is 10.2 Å². The van der Waals surface area contributed by atoms with Gasteiger partial charge in [0.25, 0.3) is 0 Å². The van der Waals surface area contributed by atoms with Crippen molar-refractivity contribution < 1.29 is 0 Å². The third kappa shape index (κ3) is 5.04. The van der Waals surface area contributed by atoms with Gasteiger partial charge < -0.3 is 10.2 Å². The van der Waals surface area contributed by atoms with Crippen LogP contribution < -0.4 is 5.32 Å². The van der Waals surface area contributed by atoms with Gasteiger partial charge in [-0.1, -0.05) is 39.5 Å². The molecule has 1 N–H and O–H groups in total. The summed E-state index contributed by atoms with van der Waals surface area (Å²) in [4.78, 5) is 2.75. The van der Waals surface area contributed by atoms with Gasteiger partial charge in [0.05, 0.1) is 0 Å². The highest BCUT2D eigenvalue weighted by Gasteiger charge is 2.26. The van der Waals surface area contributed by atoms with E-state index < -0.39 is 0 Å². The van der Waals surface area contributed by atoms with Crippen LogP contribution in [0.1, 0.15) is 72.1 Å². The molecule has 0 aromatic rings. The van der Waals surface area contributed by atoms with E-state index in [2.05, 4.69) is 31.0 Å². The van der Waals surface area contributed by atoms with Crippen molar-refractivity contribution in [3.63, 3.8) is 0 Å². The second-order valence-corrected chi connectivity index (χ2v) is 7.47. The first-order valence-corrected chi connectivity index (χ1v) is 9.16. The molecule has 0 spiro atoms. The summed E-state index contributed by atoms with van der Waals surface area (Å²) in [5, 5.41) is 3.71. The summed E-state index contributed by atoms with van der Waals surface area (Å²) >= 11 is 0. The van der Waals surface area contributed by atoms with Crippen LogP contribution in [0.15, 0.2) is 0 Å². The first-order valence-electron chi connectivity index (χ1n) is 9.16. The second-order valence-electron chi connectivity index (χ2n) is 7.47. The Hall–Kier alpha value is -0.0800. The lowest BCUT2D eigenvalue weighted by Crippen LogP contribution is -2.48. The molecule has 2 heteroatoms. The molecule has 1 heterocycles. The van der Waals surface area contributed by atoms with Gasteiger partial charge in [0, 0.05) is 12.1 Å². The normalized spacial score (nSPS) is 36.1. The van der Waals surface area contributed by atoms with Crippen molar-refractivity contribution in [1.29, 1.82) is 0 Å². The van der Waals surface area contributed by atoms with Gasteiger partial charge in [0.15, 0.2) is 0 Å². The Labute approximate surface area is 126 Å². The molecule has 0 radical (unpaired) electrons. The van der Waals surface area contributed by atoms with E-state index in [4.69, 9.17) is 0 Å². The van der Waals surface area contributed by atoms with Crippen molar-refractivity contribution in [3.05, 3.63) is 0 Å². The number of likely N-dealkylation sites (tertiary alicyclic amines) is 1. The van der Waals surface area contributed by atoms with Crippen LogP contribution in [0.25, 0.3) is 0 Å². The highest BCUT2D eigenvalue weighted by Crippen LogP contribution is 2.31. The number of nitrogens with zero attached hydrogens (tertiary/aromatic N) is 1. The van der Waals surface area contributed by atoms with Gasteiger partial charge >= 0.3 is 0 Å². The Morgan fingerprint density at radius 3 is 2.45 bits per heavy atom. The minimum atomic E-state index is 0.775. The molecule has 1 aliphatic heterocycles. The van der Waals surface area contributed by atoms with Gasteiger partial charge in [0.2, 0.25) is 0 Å². The van der Waals surface area contributed by atoms with E-state index in [1.807, 2.05) is 0 Å². The second kappa shape index (κ2) is 8.38. The van der Waals surface area contributed by atoms with Gasteiger partial charge in [-0.2, -0.15) is 0 Å². The molecule has 2 aliphatic rings. The smallest absolute Gasteiger partial charge is 0.00940 e. The van der Waals surface area contributed by atoms with Crippen molar-refractivity contribution in [2.24, 2.45) is 11.8 Å². The highest BCUT2D eigenvalue weighted by molar-refractivity contribution is 4.83. The first kappa shape index (κ1) is 16.3. The lowest BCUT2D eigenvalue weighted by molar-refractivity contribution is 0.121. The summed E-state index contributed by atoms with van der Waals surface area (Å²) in [5.74, 6) is 2.01. The largest absolute Gasteiger partial charge is 0.314 e. The molecule has 0 amide bonds. The molecule has 1 aliphatic carbocycles. The predicted molar refractivity (Wildman–Crippen MR) is 88.1 cm³/mol. The maximum Gasteiger partial charge on any atom is 0.00940 e.